The minimum Gasteiger partial charge on any atom is -0.399 e. The Labute approximate surface area is 143 Å². The van der Waals surface area contributed by atoms with E-state index in [4.69, 9.17) is 5.73 Å². The maximum atomic E-state index is 12.4. The normalized spacial score (nSPS) is 25.7. The summed E-state index contributed by atoms with van der Waals surface area (Å²) in [5.74, 6) is 0.0498. The Morgan fingerprint density at radius 3 is 2.96 bits per heavy atom. The highest BCUT2D eigenvalue weighted by molar-refractivity contribution is 8.01. The topological polar surface area (TPSA) is 67.2 Å². The van der Waals surface area contributed by atoms with Gasteiger partial charge in [-0.25, -0.2) is 0 Å². The van der Waals surface area contributed by atoms with E-state index in [-0.39, 0.29) is 11.9 Å². The lowest BCUT2D eigenvalue weighted by Crippen LogP contribution is -2.42. The molecule has 2 aliphatic rings. The van der Waals surface area contributed by atoms with Crippen molar-refractivity contribution in [2.45, 2.75) is 46.5 Å². The van der Waals surface area contributed by atoms with Gasteiger partial charge in [-0.2, -0.15) is 0 Å². The summed E-state index contributed by atoms with van der Waals surface area (Å²) in [5, 5.41) is 6.74. The lowest BCUT2D eigenvalue weighted by Gasteiger charge is -2.20. The molecule has 0 saturated carbocycles. The first-order chi connectivity index (χ1) is 11.2. The van der Waals surface area contributed by atoms with Crippen molar-refractivity contribution in [2.24, 2.45) is 0 Å². The number of nitrogen functional groups attached to an aromatic ring is 1. The summed E-state index contributed by atoms with van der Waals surface area (Å²) >= 11 is 3.18. The number of fused-ring (bicyclic) bond motifs is 2. The summed E-state index contributed by atoms with van der Waals surface area (Å²) in [7, 11) is 0. The minimum absolute atomic E-state index is 0.0498. The Bertz CT molecular complexity index is 730. The van der Waals surface area contributed by atoms with E-state index in [1.165, 1.54) is 24.2 Å². The lowest BCUT2D eigenvalue weighted by molar-refractivity contribution is 0.0935. The third kappa shape index (κ3) is 3.24. The quantitative estimate of drug-likeness (QED) is 0.745. The molecule has 2 fully saturated rings. The number of rotatable bonds is 4. The number of carbonyl (C=O) groups excluding carboxylic acids is 1. The van der Waals surface area contributed by atoms with Crippen LogP contribution in [-0.2, 0) is 0 Å². The molecule has 2 saturated heterocycles. The van der Waals surface area contributed by atoms with Gasteiger partial charge in [-0.05, 0) is 49.6 Å². The molecule has 1 amide bonds. The van der Waals surface area contributed by atoms with Crippen LogP contribution in [0.25, 0.3) is 0 Å². The largest absolute Gasteiger partial charge is 0.399 e. The zero-order valence-corrected chi connectivity index (χ0v) is 14.3. The number of carbonyl (C=O) groups is 1. The highest BCUT2D eigenvalue weighted by atomic mass is 32.2. The summed E-state index contributed by atoms with van der Waals surface area (Å²) in [6, 6.07) is 13.1. The number of thiophene rings is 1. The molecule has 0 spiro atoms. The average Bonchev–Trinajstić information content (AvgIpc) is 3.23. The number of nitrogens with two attached hydrogens (primary N) is 1. The zero-order valence-electron chi connectivity index (χ0n) is 12.6. The molecular weight excluding hydrogens is 326 g/mol. The predicted octanol–water partition coefficient (Wildman–Crippen LogP) is 3.10. The van der Waals surface area contributed by atoms with Crippen LogP contribution in [0.1, 0.15) is 28.9 Å². The Kier molecular flexibility index (Phi) is 4.05. The molecule has 23 heavy (non-hydrogen) atoms. The molecule has 1 aromatic carbocycles. The molecule has 3 atom stereocenters. The van der Waals surface area contributed by atoms with Gasteiger partial charge < -0.3 is 16.4 Å². The molecule has 3 heterocycles. The highest BCUT2D eigenvalue weighted by Gasteiger charge is 2.39. The van der Waals surface area contributed by atoms with Crippen LogP contribution in [0.2, 0.25) is 0 Å². The number of amides is 1. The highest BCUT2D eigenvalue weighted by Crippen LogP contribution is 2.34. The molecular formula is C17H19N3OS2. The number of hydrogen-bond acceptors (Lipinski definition) is 5. The smallest absolute Gasteiger partial charge is 0.261 e. The van der Waals surface area contributed by atoms with E-state index in [9.17, 15) is 4.79 Å². The summed E-state index contributed by atoms with van der Waals surface area (Å²) < 4.78 is 1.10. The van der Waals surface area contributed by atoms with Gasteiger partial charge in [0, 0.05) is 28.7 Å². The van der Waals surface area contributed by atoms with Crippen molar-refractivity contribution in [1.82, 2.24) is 10.6 Å². The Balaban J connectivity index is 1.40. The molecule has 2 bridgehead atoms. The van der Waals surface area contributed by atoms with Gasteiger partial charge in [-0.1, -0.05) is 17.8 Å². The molecule has 0 unspecified atom stereocenters. The maximum absolute atomic E-state index is 12.4. The fraction of sp³-hybridized carbons (Fsp3) is 0.353. The van der Waals surface area contributed by atoms with E-state index < -0.39 is 0 Å². The molecule has 4 rings (SSSR count). The SMILES string of the molecule is Nc1cccc(Sc2ccc(C(=O)N[C@@H]3C[C@H]4CC[C@@H]3N4)s2)c1. The van der Waals surface area contributed by atoms with Gasteiger partial charge >= 0.3 is 0 Å². The van der Waals surface area contributed by atoms with Crippen LogP contribution < -0.4 is 16.4 Å². The van der Waals surface area contributed by atoms with Crippen molar-refractivity contribution in [3.8, 4) is 0 Å². The van der Waals surface area contributed by atoms with Crippen LogP contribution in [0, 0.1) is 0 Å². The Morgan fingerprint density at radius 2 is 2.22 bits per heavy atom. The van der Waals surface area contributed by atoms with Crippen LogP contribution in [0.15, 0.2) is 45.5 Å². The van der Waals surface area contributed by atoms with Crippen LogP contribution in [-0.4, -0.2) is 24.0 Å². The molecule has 1 aromatic heterocycles. The maximum Gasteiger partial charge on any atom is 0.261 e. The first kappa shape index (κ1) is 15.1. The van der Waals surface area contributed by atoms with Gasteiger partial charge in [0.25, 0.3) is 5.91 Å². The van der Waals surface area contributed by atoms with Crippen molar-refractivity contribution in [3.63, 3.8) is 0 Å². The molecule has 4 N–H and O–H groups in total. The number of hydrogen-bond donors (Lipinski definition) is 3. The van der Waals surface area contributed by atoms with Crippen molar-refractivity contribution in [2.75, 3.05) is 5.73 Å². The third-order valence-electron chi connectivity index (χ3n) is 4.50. The van der Waals surface area contributed by atoms with E-state index in [1.807, 2.05) is 36.4 Å². The fourth-order valence-electron chi connectivity index (χ4n) is 3.41. The molecule has 6 heteroatoms. The predicted molar refractivity (Wildman–Crippen MR) is 95.1 cm³/mol. The zero-order chi connectivity index (χ0) is 15.8. The van der Waals surface area contributed by atoms with E-state index >= 15 is 0 Å². The van der Waals surface area contributed by atoms with Crippen molar-refractivity contribution in [3.05, 3.63) is 41.3 Å². The standard InChI is InChI=1S/C17H19N3OS2/c18-10-2-1-3-12(8-10)22-16-7-6-15(23-16)17(21)20-14-9-11-4-5-13(14)19-11/h1-3,6-8,11,13-14,19H,4-5,9,18H2,(H,20,21)/t11-,13+,14-/m1/s1. The van der Waals surface area contributed by atoms with E-state index in [2.05, 4.69) is 10.6 Å². The molecule has 120 valence electrons. The lowest BCUT2D eigenvalue weighted by atomic mass is 9.95. The van der Waals surface area contributed by atoms with Gasteiger partial charge in [-0.3, -0.25) is 4.79 Å². The third-order valence-corrected chi connectivity index (χ3v) is 6.70. The van der Waals surface area contributed by atoms with Crippen molar-refractivity contribution >= 4 is 34.7 Å². The van der Waals surface area contributed by atoms with E-state index in [0.717, 1.165) is 26.1 Å². The van der Waals surface area contributed by atoms with Gasteiger partial charge in [0.15, 0.2) is 0 Å². The Hall–Kier alpha value is -1.50. The second kappa shape index (κ2) is 6.19. The molecule has 0 aliphatic carbocycles. The monoisotopic (exact) mass is 345 g/mol. The molecule has 4 nitrogen and oxygen atoms in total. The number of benzene rings is 1. The van der Waals surface area contributed by atoms with Crippen LogP contribution in [0.4, 0.5) is 5.69 Å². The van der Waals surface area contributed by atoms with Gasteiger partial charge in [0.1, 0.15) is 0 Å². The summed E-state index contributed by atoms with van der Waals surface area (Å²) in [5.41, 5.74) is 6.56. The van der Waals surface area contributed by atoms with E-state index in [1.54, 1.807) is 11.8 Å². The summed E-state index contributed by atoms with van der Waals surface area (Å²) in [6.45, 7) is 0. The van der Waals surface area contributed by atoms with Gasteiger partial charge in [0.2, 0.25) is 0 Å². The fourth-order valence-corrected chi connectivity index (χ4v) is 5.49. The number of nitrogens with one attached hydrogen (secondary N) is 2. The van der Waals surface area contributed by atoms with Gasteiger partial charge in [-0.15, -0.1) is 11.3 Å². The van der Waals surface area contributed by atoms with Crippen LogP contribution >= 0.6 is 23.1 Å². The van der Waals surface area contributed by atoms with Crippen LogP contribution in [0.5, 0.6) is 0 Å². The average molecular weight is 345 g/mol. The summed E-state index contributed by atoms with van der Waals surface area (Å²) in [4.78, 5) is 14.3. The second-order valence-electron chi connectivity index (χ2n) is 6.16. The first-order valence-electron chi connectivity index (χ1n) is 7.87. The molecule has 2 aromatic rings. The second-order valence-corrected chi connectivity index (χ2v) is 8.61. The molecule has 2 aliphatic heterocycles. The van der Waals surface area contributed by atoms with Crippen molar-refractivity contribution < 1.29 is 4.79 Å². The van der Waals surface area contributed by atoms with E-state index in [0.29, 0.717) is 12.1 Å². The van der Waals surface area contributed by atoms with Crippen molar-refractivity contribution in [1.29, 1.82) is 0 Å². The summed E-state index contributed by atoms with van der Waals surface area (Å²) in [6.07, 6.45) is 3.49. The minimum atomic E-state index is 0.0498. The van der Waals surface area contributed by atoms with Gasteiger partial charge in [0.05, 0.1) is 9.09 Å². The van der Waals surface area contributed by atoms with Crippen LogP contribution in [0.3, 0.4) is 0 Å². The number of anilines is 1. The molecule has 0 radical (unpaired) electrons. The first-order valence-corrected chi connectivity index (χ1v) is 9.51. The Morgan fingerprint density at radius 1 is 1.30 bits per heavy atom.